The van der Waals surface area contributed by atoms with Gasteiger partial charge in [-0.15, -0.1) is 0 Å². The van der Waals surface area contributed by atoms with Gasteiger partial charge in [-0.3, -0.25) is 14.5 Å². The third-order valence-electron chi connectivity index (χ3n) is 6.94. The highest BCUT2D eigenvalue weighted by Gasteiger charge is 2.33. The number of pyridine rings is 1. The Balaban J connectivity index is 1.22. The zero-order chi connectivity index (χ0) is 23.8. The van der Waals surface area contributed by atoms with Crippen LogP contribution in [0.3, 0.4) is 0 Å². The van der Waals surface area contributed by atoms with Crippen molar-refractivity contribution in [1.82, 2.24) is 25.2 Å². The average Bonchev–Trinajstić information content (AvgIpc) is 3.34. The Morgan fingerprint density at radius 1 is 1.21 bits per heavy atom. The highest BCUT2D eigenvalue weighted by Crippen LogP contribution is 2.36. The number of halogens is 2. The van der Waals surface area contributed by atoms with Gasteiger partial charge in [0.1, 0.15) is 17.3 Å². The molecule has 1 saturated carbocycles. The second-order valence-corrected chi connectivity index (χ2v) is 9.31. The van der Waals surface area contributed by atoms with E-state index in [9.17, 15) is 14.0 Å². The molecule has 3 aromatic rings. The van der Waals surface area contributed by atoms with Crippen LogP contribution >= 0.6 is 11.6 Å². The number of aromatic nitrogens is 3. The summed E-state index contributed by atoms with van der Waals surface area (Å²) in [6.07, 6.45) is 4.59. The predicted molar refractivity (Wildman–Crippen MR) is 129 cm³/mol. The van der Waals surface area contributed by atoms with Crippen LogP contribution < -0.4 is 15.8 Å². The lowest BCUT2D eigenvalue weighted by molar-refractivity contribution is 0.0958. The summed E-state index contributed by atoms with van der Waals surface area (Å²) in [6.45, 7) is 3.43. The molecule has 34 heavy (non-hydrogen) atoms. The van der Waals surface area contributed by atoms with Crippen LogP contribution in [-0.4, -0.2) is 65.0 Å². The third kappa shape index (κ3) is 4.37. The van der Waals surface area contributed by atoms with Crippen molar-refractivity contribution in [2.45, 2.75) is 31.2 Å². The van der Waals surface area contributed by atoms with E-state index in [1.807, 2.05) is 0 Å². The van der Waals surface area contributed by atoms with Gasteiger partial charge in [-0.2, -0.15) is 0 Å². The van der Waals surface area contributed by atoms with Crippen molar-refractivity contribution in [2.75, 3.05) is 38.1 Å². The molecule has 1 saturated heterocycles. The smallest absolute Gasteiger partial charge is 0.269 e. The Kier molecular flexibility index (Phi) is 6.22. The summed E-state index contributed by atoms with van der Waals surface area (Å²) >= 11 is 6.45. The minimum atomic E-state index is -0.438. The molecule has 2 unspecified atom stereocenters. The number of carbonyl (C=O) groups is 1. The van der Waals surface area contributed by atoms with E-state index in [1.54, 1.807) is 25.4 Å². The van der Waals surface area contributed by atoms with Crippen LogP contribution in [0.25, 0.3) is 10.9 Å². The number of nitrogens with zero attached hydrogens (tertiary/aromatic N) is 4. The number of anilines is 1. The molecular formula is C24H26ClFN6O2. The molecule has 5 rings (SSSR count). The summed E-state index contributed by atoms with van der Waals surface area (Å²) in [6, 6.07) is 6.16. The highest BCUT2D eigenvalue weighted by molar-refractivity contribution is 6.33. The number of piperazine rings is 1. The van der Waals surface area contributed by atoms with Gasteiger partial charge in [0.2, 0.25) is 0 Å². The first-order chi connectivity index (χ1) is 16.4. The van der Waals surface area contributed by atoms with Crippen LogP contribution in [0.4, 0.5) is 10.1 Å². The summed E-state index contributed by atoms with van der Waals surface area (Å²) in [5.74, 6) is 0.177. The SMILES string of the molecule is CNC(=O)c1cc(Cl)c(N2CCN(C3CCC(c4nc5ccc(F)cc5c(=O)[nH]4)C3)CC2)cn1. The van der Waals surface area contributed by atoms with E-state index < -0.39 is 5.82 Å². The van der Waals surface area contributed by atoms with Crippen LogP contribution in [0.5, 0.6) is 0 Å². The first-order valence-electron chi connectivity index (χ1n) is 11.5. The normalized spacial score (nSPS) is 21.2. The van der Waals surface area contributed by atoms with Crippen LogP contribution in [0.15, 0.2) is 35.3 Å². The fourth-order valence-electron chi connectivity index (χ4n) is 5.10. The van der Waals surface area contributed by atoms with Gasteiger partial charge in [0, 0.05) is 45.2 Å². The standard InChI is InChI=1S/C24H26ClFN6O2/c1-27-24(34)20-12-18(25)21(13-28-20)32-8-6-31(7-9-32)16-4-2-14(10-16)22-29-19-5-3-15(26)11-17(19)23(33)30-22/h3,5,11-14,16H,2,4,6-10H2,1H3,(H,27,34)(H,29,30,33). The molecule has 1 aromatic carbocycles. The van der Waals surface area contributed by atoms with Crippen molar-refractivity contribution in [2.24, 2.45) is 0 Å². The maximum absolute atomic E-state index is 13.5. The van der Waals surface area contributed by atoms with Crippen molar-refractivity contribution < 1.29 is 9.18 Å². The first kappa shape index (κ1) is 22.7. The molecule has 2 N–H and O–H groups in total. The van der Waals surface area contributed by atoms with Crippen molar-refractivity contribution in [1.29, 1.82) is 0 Å². The van der Waals surface area contributed by atoms with E-state index in [0.29, 0.717) is 28.1 Å². The molecule has 10 heteroatoms. The van der Waals surface area contributed by atoms with Gasteiger partial charge in [-0.25, -0.2) is 14.4 Å². The Bertz CT molecular complexity index is 1290. The number of H-pyrrole nitrogens is 1. The largest absolute Gasteiger partial charge is 0.367 e. The van der Waals surface area contributed by atoms with Crippen LogP contribution in [0, 0.1) is 5.82 Å². The van der Waals surface area contributed by atoms with Gasteiger partial charge in [0.25, 0.3) is 11.5 Å². The molecular weight excluding hydrogens is 459 g/mol. The van der Waals surface area contributed by atoms with Crippen LogP contribution in [0.2, 0.25) is 5.02 Å². The number of amides is 1. The monoisotopic (exact) mass is 484 g/mol. The minimum absolute atomic E-state index is 0.182. The van der Waals surface area contributed by atoms with Gasteiger partial charge in [0.05, 0.1) is 27.8 Å². The Morgan fingerprint density at radius 2 is 2.00 bits per heavy atom. The number of fused-ring (bicyclic) bond motifs is 1. The highest BCUT2D eigenvalue weighted by atomic mass is 35.5. The summed E-state index contributed by atoms with van der Waals surface area (Å²) in [4.78, 5) is 40.7. The Labute approximate surface area is 201 Å². The molecule has 0 bridgehead atoms. The fraction of sp³-hybridized carbons (Fsp3) is 0.417. The molecule has 2 fully saturated rings. The number of hydrogen-bond donors (Lipinski definition) is 2. The molecule has 178 valence electrons. The van der Waals surface area contributed by atoms with Crippen molar-refractivity contribution in [3.63, 3.8) is 0 Å². The third-order valence-corrected chi connectivity index (χ3v) is 7.25. The van der Waals surface area contributed by atoms with Crippen molar-refractivity contribution >= 4 is 34.1 Å². The number of hydrogen-bond acceptors (Lipinski definition) is 6. The lowest BCUT2D eigenvalue weighted by atomic mass is 10.1. The lowest BCUT2D eigenvalue weighted by Crippen LogP contribution is -2.50. The molecule has 2 aliphatic rings. The van der Waals surface area contributed by atoms with E-state index in [1.165, 1.54) is 12.1 Å². The Morgan fingerprint density at radius 3 is 2.74 bits per heavy atom. The molecule has 1 aliphatic heterocycles. The average molecular weight is 485 g/mol. The fourth-order valence-corrected chi connectivity index (χ4v) is 5.37. The maximum atomic E-state index is 13.5. The van der Waals surface area contributed by atoms with Gasteiger partial charge in [0.15, 0.2) is 0 Å². The van der Waals surface area contributed by atoms with Gasteiger partial charge >= 0.3 is 0 Å². The summed E-state index contributed by atoms with van der Waals surface area (Å²) in [7, 11) is 1.56. The summed E-state index contributed by atoms with van der Waals surface area (Å²) in [5, 5.41) is 3.36. The zero-order valence-electron chi connectivity index (χ0n) is 18.9. The molecule has 1 aliphatic carbocycles. The summed E-state index contributed by atoms with van der Waals surface area (Å²) in [5.41, 5.74) is 1.39. The zero-order valence-corrected chi connectivity index (χ0v) is 19.6. The molecule has 3 heterocycles. The maximum Gasteiger partial charge on any atom is 0.269 e. The molecule has 2 aromatic heterocycles. The predicted octanol–water partition coefficient (Wildman–Crippen LogP) is 2.93. The summed E-state index contributed by atoms with van der Waals surface area (Å²) < 4.78 is 13.5. The molecule has 2 atom stereocenters. The van der Waals surface area contributed by atoms with Gasteiger partial charge in [-0.1, -0.05) is 11.6 Å². The van der Waals surface area contributed by atoms with E-state index >= 15 is 0 Å². The van der Waals surface area contributed by atoms with Gasteiger partial charge in [-0.05, 0) is 43.5 Å². The first-order valence-corrected chi connectivity index (χ1v) is 11.9. The number of benzene rings is 1. The molecule has 8 nitrogen and oxygen atoms in total. The van der Waals surface area contributed by atoms with Crippen LogP contribution in [-0.2, 0) is 0 Å². The number of nitrogens with one attached hydrogen (secondary N) is 2. The second kappa shape index (κ2) is 9.31. The molecule has 0 radical (unpaired) electrons. The van der Waals surface area contributed by atoms with Gasteiger partial charge < -0.3 is 15.2 Å². The minimum Gasteiger partial charge on any atom is -0.367 e. The van der Waals surface area contributed by atoms with E-state index in [0.717, 1.165) is 51.1 Å². The topological polar surface area (TPSA) is 94.2 Å². The number of aromatic amines is 1. The van der Waals surface area contributed by atoms with Crippen molar-refractivity contribution in [3.8, 4) is 0 Å². The van der Waals surface area contributed by atoms with Crippen molar-refractivity contribution in [3.05, 3.63) is 63.2 Å². The Hall–Kier alpha value is -3.04. The van der Waals surface area contributed by atoms with E-state index in [-0.39, 0.29) is 22.8 Å². The lowest BCUT2D eigenvalue weighted by Gasteiger charge is -2.39. The number of rotatable bonds is 4. The van der Waals surface area contributed by atoms with E-state index in [4.69, 9.17) is 11.6 Å². The molecule has 0 spiro atoms. The second-order valence-electron chi connectivity index (χ2n) is 8.90. The number of carbonyl (C=O) groups excluding carboxylic acids is 1. The quantitative estimate of drug-likeness (QED) is 0.591. The molecule has 1 amide bonds. The van der Waals surface area contributed by atoms with Crippen LogP contribution in [0.1, 0.15) is 41.5 Å². The van der Waals surface area contributed by atoms with E-state index in [2.05, 4.69) is 30.1 Å².